The molecule has 0 saturated carbocycles. The van der Waals surface area contributed by atoms with Crippen molar-refractivity contribution in [2.45, 2.75) is 39.3 Å². The first-order valence-corrected chi connectivity index (χ1v) is 7.16. The van der Waals surface area contributed by atoms with E-state index in [4.69, 9.17) is 0 Å². The Labute approximate surface area is 113 Å². The van der Waals surface area contributed by atoms with E-state index in [1.807, 2.05) is 6.07 Å². The minimum atomic E-state index is -0.153. The molecule has 2 aromatic rings. The average molecular weight is 260 g/mol. The lowest BCUT2D eigenvalue weighted by Gasteiger charge is -2.13. The Hall–Kier alpha value is -1.35. The summed E-state index contributed by atoms with van der Waals surface area (Å²) in [6, 6.07) is 5.51. The fourth-order valence-corrected chi connectivity index (χ4v) is 3.03. The van der Waals surface area contributed by atoms with Crippen molar-refractivity contribution in [2.24, 2.45) is 0 Å². The summed E-state index contributed by atoms with van der Waals surface area (Å²) in [5.74, 6) is -0.153. The number of nitrogens with zero attached hydrogens (tertiary/aromatic N) is 2. The third-order valence-electron chi connectivity index (χ3n) is 4.03. The van der Waals surface area contributed by atoms with Crippen LogP contribution in [0.5, 0.6) is 0 Å². The molecule has 1 aromatic carbocycles. The van der Waals surface area contributed by atoms with E-state index in [1.165, 1.54) is 36.9 Å². The van der Waals surface area contributed by atoms with Crippen LogP contribution < -0.4 is 0 Å². The number of hydrogen-bond donors (Lipinski definition) is 0. The van der Waals surface area contributed by atoms with Crippen molar-refractivity contribution in [3.8, 4) is 0 Å². The van der Waals surface area contributed by atoms with Gasteiger partial charge in [0.15, 0.2) is 0 Å². The predicted molar refractivity (Wildman–Crippen MR) is 76.8 cm³/mol. The molecule has 3 heteroatoms. The molecule has 0 amide bonds. The molecule has 102 valence electrons. The summed E-state index contributed by atoms with van der Waals surface area (Å²) in [6.45, 7) is 7.65. The number of aromatic nitrogens is 1. The quantitative estimate of drug-likeness (QED) is 0.811. The highest BCUT2D eigenvalue weighted by molar-refractivity contribution is 5.84. The zero-order valence-electron chi connectivity index (χ0n) is 11.7. The Morgan fingerprint density at radius 3 is 2.63 bits per heavy atom. The van der Waals surface area contributed by atoms with Crippen molar-refractivity contribution < 1.29 is 4.39 Å². The molecule has 1 aliphatic heterocycles. The molecule has 0 aliphatic carbocycles. The normalized spacial score (nSPS) is 16.8. The Balaban J connectivity index is 2.03. The molecule has 0 bridgehead atoms. The van der Waals surface area contributed by atoms with Crippen molar-refractivity contribution in [3.63, 3.8) is 0 Å². The van der Waals surface area contributed by atoms with E-state index in [0.29, 0.717) is 6.04 Å². The monoisotopic (exact) mass is 260 g/mol. The molecule has 2 heterocycles. The maximum absolute atomic E-state index is 13.5. The van der Waals surface area contributed by atoms with Gasteiger partial charge in [-0.05, 0) is 63.5 Å². The maximum atomic E-state index is 13.5. The second-order valence-electron chi connectivity index (χ2n) is 5.80. The molecule has 1 aliphatic rings. The third-order valence-corrected chi connectivity index (χ3v) is 4.03. The van der Waals surface area contributed by atoms with Gasteiger partial charge in [-0.2, -0.15) is 0 Å². The zero-order chi connectivity index (χ0) is 13.4. The number of likely N-dealkylation sites (tertiary alicyclic amines) is 1. The van der Waals surface area contributed by atoms with Gasteiger partial charge in [-0.15, -0.1) is 0 Å². The van der Waals surface area contributed by atoms with Crippen LogP contribution in [-0.4, -0.2) is 22.6 Å². The molecular weight excluding hydrogens is 239 g/mol. The highest BCUT2D eigenvalue weighted by Crippen LogP contribution is 2.27. The Morgan fingerprint density at radius 2 is 1.95 bits per heavy atom. The summed E-state index contributed by atoms with van der Waals surface area (Å²) in [5, 5.41) is 1.20. The lowest BCUT2D eigenvalue weighted by molar-refractivity contribution is 0.332. The van der Waals surface area contributed by atoms with Crippen LogP contribution in [0.25, 0.3) is 10.9 Å². The van der Waals surface area contributed by atoms with Crippen LogP contribution in [0.3, 0.4) is 0 Å². The zero-order valence-corrected chi connectivity index (χ0v) is 11.7. The molecule has 19 heavy (non-hydrogen) atoms. The van der Waals surface area contributed by atoms with Gasteiger partial charge in [-0.1, -0.05) is 0 Å². The minimum absolute atomic E-state index is 0.153. The van der Waals surface area contributed by atoms with Gasteiger partial charge in [0.1, 0.15) is 5.82 Å². The van der Waals surface area contributed by atoms with Crippen molar-refractivity contribution >= 4 is 10.9 Å². The number of fused-ring (bicyclic) bond motifs is 1. The number of rotatable bonds is 3. The van der Waals surface area contributed by atoms with E-state index < -0.39 is 0 Å². The van der Waals surface area contributed by atoms with Crippen LogP contribution in [0.2, 0.25) is 0 Å². The smallest absolute Gasteiger partial charge is 0.125 e. The topological polar surface area (TPSA) is 8.17 Å². The molecule has 1 aromatic heterocycles. The predicted octanol–water partition coefficient (Wildman–Crippen LogP) is 3.96. The molecule has 0 unspecified atom stereocenters. The summed E-state index contributed by atoms with van der Waals surface area (Å²) in [7, 11) is 0. The molecule has 1 fully saturated rings. The molecule has 0 N–H and O–H groups in total. The van der Waals surface area contributed by atoms with Gasteiger partial charge in [0, 0.05) is 24.2 Å². The lowest BCUT2D eigenvalue weighted by atomic mass is 10.1. The van der Waals surface area contributed by atoms with Crippen molar-refractivity contribution in [1.29, 1.82) is 0 Å². The van der Waals surface area contributed by atoms with Gasteiger partial charge in [-0.25, -0.2) is 4.39 Å². The van der Waals surface area contributed by atoms with Crippen LogP contribution in [0, 0.1) is 5.82 Å². The highest BCUT2D eigenvalue weighted by atomic mass is 19.1. The van der Waals surface area contributed by atoms with Gasteiger partial charge in [0.05, 0.1) is 5.52 Å². The van der Waals surface area contributed by atoms with Gasteiger partial charge in [0.2, 0.25) is 0 Å². The van der Waals surface area contributed by atoms with Crippen LogP contribution in [0.1, 0.15) is 38.3 Å². The van der Waals surface area contributed by atoms with Crippen molar-refractivity contribution in [1.82, 2.24) is 9.47 Å². The lowest BCUT2D eigenvalue weighted by Crippen LogP contribution is -2.18. The fraction of sp³-hybridized carbons (Fsp3) is 0.500. The Morgan fingerprint density at radius 1 is 1.21 bits per heavy atom. The van der Waals surface area contributed by atoms with E-state index in [-0.39, 0.29) is 5.82 Å². The van der Waals surface area contributed by atoms with E-state index >= 15 is 0 Å². The molecule has 1 saturated heterocycles. The van der Waals surface area contributed by atoms with Gasteiger partial charge in [-0.3, -0.25) is 4.90 Å². The summed E-state index contributed by atoms with van der Waals surface area (Å²) in [5.41, 5.74) is 2.34. The van der Waals surface area contributed by atoms with Crippen molar-refractivity contribution in [2.75, 3.05) is 13.1 Å². The molecule has 0 spiro atoms. The number of hydrogen-bond acceptors (Lipinski definition) is 1. The average Bonchev–Trinajstić information content (AvgIpc) is 2.97. The molecule has 3 rings (SSSR count). The third kappa shape index (κ3) is 2.39. The molecule has 0 radical (unpaired) electrons. The molecule has 2 nitrogen and oxygen atoms in total. The van der Waals surface area contributed by atoms with Gasteiger partial charge >= 0.3 is 0 Å². The molecule has 0 atom stereocenters. The Kier molecular flexibility index (Phi) is 3.31. The largest absolute Gasteiger partial charge is 0.345 e. The van der Waals surface area contributed by atoms with Crippen LogP contribution in [0.4, 0.5) is 4.39 Å². The van der Waals surface area contributed by atoms with E-state index in [0.717, 1.165) is 12.1 Å². The molecular formula is C16H21FN2. The first-order valence-electron chi connectivity index (χ1n) is 7.16. The van der Waals surface area contributed by atoms with Gasteiger partial charge < -0.3 is 4.57 Å². The maximum Gasteiger partial charge on any atom is 0.125 e. The van der Waals surface area contributed by atoms with E-state index in [2.05, 4.69) is 29.5 Å². The summed E-state index contributed by atoms with van der Waals surface area (Å²) >= 11 is 0. The van der Waals surface area contributed by atoms with Crippen LogP contribution >= 0.6 is 0 Å². The van der Waals surface area contributed by atoms with Crippen LogP contribution in [0.15, 0.2) is 24.4 Å². The standard InChI is InChI=1S/C16H21FN2/c1-12(2)19-11-13(10-18-7-3-4-8-18)15-6-5-14(17)9-16(15)19/h5-6,9,11-12H,3-4,7-8,10H2,1-2H3. The number of halogens is 1. The fourth-order valence-electron chi connectivity index (χ4n) is 3.03. The van der Waals surface area contributed by atoms with Gasteiger partial charge in [0.25, 0.3) is 0 Å². The van der Waals surface area contributed by atoms with E-state index in [9.17, 15) is 4.39 Å². The second-order valence-corrected chi connectivity index (χ2v) is 5.80. The minimum Gasteiger partial charge on any atom is -0.345 e. The number of benzene rings is 1. The summed E-state index contributed by atoms with van der Waals surface area (Å²) in [4.78, 5) is 2.49. The first kappa shape index (κ1) is 12.7. The van der Waals surface area contributed by atoms with E-state index in [1.54, 1.807) is 12.1 Å². The summed E-state index contributed by atoms with van der Waals surface area (Å²) in [6.07, 6.45) is 4.81. The SMILES string of the molecule is CC(C)n1cc(CN2CCCC2)c2ccc(F)cc21. The second kappa shape index (κ2) is 4.97. The van der Waals surface area contributed by atoms with Crippen molar-refractivity contribution in [3.05, 3.63) is 35.8 Å². The Bertz CT molecular complexity index is 580. The van der Waals surface area contributed by atoms with Crippen LogP contribution in [-0.2, 0) is 6.54 Å². The highest BCUT2D eigenvalue weighted by Gasteiger charge is 2.16. The summed E-state index contributed by atoms with van der Waals surface area (Å²) < 4.78 is 15.7. The first-order chi connectivity index (χ1) is 9.15.